The Morgan fingerprint density at radius 2 is 1.94 bits per heavy atom. The molecule has 18 heavy (non-hydrogen) atoms. The second-order valence-electron chi connectivity index (χ2n) is 4.44. The molecule has 106 valence electrons. The molecule has 0 aromatic rings. The van der Waals surface area contributed by atoms with Crippen molar-refractivity contribution >= 4 is 16.0 Å². The van der Waals surface area contributed by atoms with E-state index in [4.69, 9.17) is 4.74 Å². The van der Waals surface area contributed by atoms with Crippen molar-refractivity contribution in [2.45, 2.75) is 19.3 Å². The summed E-state index contributed by atoms with van der Waals surface area (Å²) in [4.78, 5) is 11.1. The van der Waals surface area contributed by atoms with E-state index in [1.54, 1.807) is 0 Å². The van der Waals surface area contributed by atoms with E-state index >= 15 is 0 Å². The van der Waals surface area contributed by atoms with Crippen molar-refractivity contribution in [2.75, 3.05) is 39.7 Å². The summed E-state index contributed by atoms with van der Waals surface area (Å²) in [7, 11) is -0.478. The van der Waals surface area contributed by atoms with Crippen LogP contribution in [0.5, 0.6) is 0 Å². The predicted molar refractivity (Wildman–Crippen MR) is 66.6 cm³/mol. The Morgan fingerprint density at radius 1 is 1.28 bits per heavy atom. The molecule has 1 rings (SSSR count). The predicted octanol–water partition coefficient (Wildman–Crippen LogP) is 0.238. The Balaban J connectivity index is 2.54. The highest BCUT2D eigenvalue weighted by Gasteiger charge is 2.31. The zero-order chi connectivity index (χ0) is 13.6. The number of carbonyl (C=O) groups excluding carboxylic acids is 1. The fourth-order valence-electron chi connectivity index (χ4n) is 1.59. The lowest BCUT2D eigenvalue weighted by Crippen LogP contribution is -2.37. The number of hydrogen-bond acceptors (Lipinski definition) is 5. The number of ether oxygens (including phenoxy) is 2. The van der Waals surface area contributed by atoms with Crippen molar-refractivity contribution < 1.29 is 22.7 Å². The fourth-order valence-corrected chi connectivity index (χ4v) is 3.45. The second-order valence-corrected chi connectivity index (χ2v) is 6.45. The van der Waals surface area contributed by atoms with E-state index in [2.05, 4.69) is 4.74 Å². The summed E-state index contributed by atoms with van der Waals surface area (Å²) in [5.74, 6) is 0.0648. The van der Waals surface area contributed by atoms with Gasteiger partial charge in [0.05, 0.1) is 25.9 Å². The number of sulfonamides is 1. The van der Waals surface area contributed by atoms with Gasteiger partial charge < -0.3 is 9.47 Å². The number of methoxy groups -OCH3 is 2. The third kappa shape index (κ3) is 5.32. The first kappa shape index (κ1) is 15.4. The highest BCUT2D eigenvalue weighted by molar-refractivity contribution is 7.89. The molecular weight excluding hydrogens is 258 g/mol. The summed E-state index contributed by atoms with van der Waals surface area (Å²) >= 11 is 0. The van der Waals surface area contributed by atoms with Gasteiger partial charge in [-0.2, -0.15) is 4.31 Å². The molecule has 7 heteroatoms. The summed E-state index contributed by atoms with van der Waals surface area (Å²) in [6.45, 7) is 0.763. The van der Waals surface area contributed by atoms with Crippen LogP contribution in [0.15, 0.2) is 0 Å². The minimum absolute atomic E-state index is 0.0735. The number of nitrogens with zero attached hydrogens (tertiary/aromatic N) is 1. The lowest BCUT2D eigenvalue weighted by molar-refractivity contribution is -0.140. The van der Waals surface area contributed by atoms with Crippen LogP contribution in [0.25, 0.3) is 0 Å². The van der Waals surface area contributed by atoms with Gasteiger partial charge in [-0.25, -0.2) is 8.42 Å². The quantitative estimate of drug-likeness (QED) is 0.565. The zero-order valence-electron chi connectivity index (χ0n) is 10.9. The molecule has 0 amide bonds. The summed E-state index contributed by atoms with van der Waals surface area (Å²) in [6.07, 6.45) is 2.03. The van der Waals surface area contributed by atoms with Gasteiger partial charge in [0.1, 0.15) is 0 Å². The molecule has 0 radical (unpaired) electrons. The van der Waals surface area contributed by atoms with Crippen molar-refractivity contribution in [1.82, 2.24) is 4.31 Å². The third-order valence-corrected chi connectivity index (χ3v) is 4.92. The zero-order valence-corrected chi connectivity index (χ0v) is 11.7. The van der Waals surface area contributed by atoms with E-state index in [-0.39, 0.29) is 31.2 Å². The topological polar surface area (TPSA) is 72.9 Å². The van der Waals surface area contributed by atoms with Gasteiger partial charge in [-0.05, 0) is 18.8 Å². The Hall–Kier alpha value is -0.660. The van der Waals surface area contributed by atoms with Gasteiger partial charge in [0.15, 0.2) is 0 Å². The second kappa shape index (κ2) is 7.06. The minimum Gasteiger partial charge on any atom is -0.469 e. The van der Waals surface area contributed by atoms with Crippen LogP contribution < -0.4 is 0 Å². The molecule has 0 saturated heterocycles. The Bertz CT molecular complexity index is 364. The first-order valence-corrected chi connectivity index (χ1v) is 7.64. The Labute approximate surface area is 108 Å². The summed E-state index contributed by atoms with van der Waals surface area (Å²) in [6, 6.07) is 0. The van der Waals surface area contributed by atoms with E-state index < -0.39 is 16.0 Å². The molecule has 6 nitrogen and oxygen atoms in total. The molecule has 0 aliphatic heterocycles. The molecular formula is C11H21NO5S. The average molecular weight is 279 g/mol. The lowest BCUT2D eigenvalue weighted by atomic mass is 10.4. The van der Waals surface area contributed by atoms with Crippen molar-refractivity contribution in [3.63, 3.8) is 0 Å². The highest BCUT2D eigenvalue weighted by atomic mass is 32.2. The smallest absolute Gasteiger partial charge is 0.306 e. The number of hydrogen-bond donors (Lipinski definition) is 0. The number of esters is 1. The van der Waals surface area contributed by atoms with Crippen LogP contribution in [0, 0.1) is 5.92 Å². The van der Waals surface area contributed by atoms with E-state index in [0.29, 0.717) is 6.61 Å². The molecule has 0 atom stereocenters. The van der Waals surface area contributed by atoms with Gasteiger partial charge in [0.25, 0.3) is 0 Å². The van der Waals surface area contributed by atoms with Gasteiger partial charge in [0, 0.05) is 20.2 Å². The molecule has 0 aromatic heterocycles. The molecule has 0 spiro atoms. The SMILES string of the molecule is COCCN(CCC(=O)OC)S(=O)(=O)CC1CC1. The average Bonchev–Trinajstić information content (AvgIpc) is 3.11. The van der Waals surface area contributed by atoms with E-state index in [0.717, 1.165) is 12.8 Å². The summed E-state index contributed by atoms with van der Waals surface area (Å²) in [5, 5.41) is 0. The molecule has 0 aromatic carbocycles. The molecule has 1 saturated carbocycles. The standard InChI is InChI=1S/C11H21NO5S/c1-16-8-7-12(6-5-11(13)17-2)18(14,15)9-10-3-4-10/h10H,3-9H2,1-2H3. The monoisotopic (exact) mass is 279 g/mol. The molecule has 1 aliphatic carbocycles. The maximum absolute atomic E-state index is 12.1. The molecule has 0 bridgehead atoms. The third-order valence-electron chi connectivity index (χ3n) is 2.87. The van der Waals surface area contributed by atoms with Crippen molar-refractivity contribution in [3.05, 3.63) is 0 Å². The maximum Gasteiger partial charge on any atom is 0.306 e. The Kier molecular flexibility index (Phi) is 6.04. The first-order chi connectivity index (χ1) is 8.49. The summed E-state index contributed by atoms with van der Waals surface area (Å²) in [5.41, 5.74) is 0. The summed E-state index contributed by atoms with van der Waals surface area (Å²) < 4.78 is 35.0. The molecule has 0 unspecified atom stereocenters. The van der Waals surface area contributed by atoms with Gasteiger partial charge in [-0.1, -0.05) is 0 Å². The van der Waals surface area contributed by atoms with Crippen LogP contribution >= 0.6 is 0 Å². The molecule has 0 N–H and O–H groups in total. The molecule has 1 fully saturated rings. The van der Waals surface area contributed by atoms with Crippen molar-refractivity contribution in [1.29, 1.82) is 0 Å². The Morgan fingerprint density at radius 3 is 2.44 bits per heavy atom. The van der Waals surface area contributed by atoms with Crippen LogP contribution in [0.2, 0.25) is 0 Å². The fraction of sp³-hybridized carbons (Fsp3) is 0.909. The lowest BCUT2D eigenvalue weighted by Gasteiger charge is -2.21. The van der Waals surface area contributed by atoms with Crippen LogP contribution in [0.1, 0.15) is 19.3 Å². The van der Waals surface area contributed by atoms with Crippen LogP contribution in [-0.2, 0) is 24.3 Å². The van der Waals surface area contributed by atoms with E-state index in [1.807, 2.05) is 0 Å². The largest absolute Gasteiger partial charge is 0.469 e. The normalized spacial score (nSPS) is 15.9. The van der Waals surface area contributed by atoms with Crippen molar-refractivity contribution in [2.24, 2.45) is 5.92 Å². The first-order valence-electron chi connectivity index (χ1n) is 6.03. The molecule has 1 aliphatic rings. The number of carbonyl (C=O) groups is 1. The van der Waals surface area contributed by atoms with Crippen LogP contribution in [-0.4, -0.2) is 58.4 Å². The molecule has 0 heterocycles. The van der Waals surface area contributed by atoms with Gasteiger partial charge >= 0.3 is 5.97 Å². The van der Waals surface area contributed by atoms with Gasteiger partial charge in [0.2, 0.25) is 10.0 Å². The van der Waals surface area contributed by atoms with Crippen LogP contribution in [0.3, 0.4) is 0 Å². The maximum atomic E-state index is 12.1. The van der Waals surface area contributed by atoms with Crippen molar-refractivity contribution in [3.8, 4) is 0 Å². The highest BCUT2D eigenvalue weighted by Crippen LogP contribution is 2.31. The van der Waals surface area contributed by atoms with Gasteiger partial charge in [-0.15, -0.1) is 0 Å². The van der Waals surface area contributed by atoms with E-state index in [9.17, 15) is 13.2 Å². The van der Waals surface area contributed by atoms with Crippen LogP contribution in [0.4, 0.5) is 0 Å². The van der Waals surface area contributed by atoms with E-state index in [1.165, 1.54) is 18.5 Å². The number of rotatable bonds is 9. The minimum atomic E-state index is -3.29. The van der Waals surface area contributed by atoms with Gasteiger partial charge in [-0.3, -0.25) is 4.79 Å².